The van der Waals surface area contributed by atoms with Crippen LogP contribution in [-0.4, -0.2) is 11.6 Å². The second kappa shape index (κ2) is 4.74. The van der Waals surface area contributed by atoms with Gasteiger partial charge in [0.2, 0.25) is 0 Å². The highest BCUT2D eigenvalue weighted by atomic mass is 16.1. The molecule has 2 nitrogen and oxygen atoms in total. The highest BCUT2D eigenvalue weighted by molar-refractivity contribution is 6.10. The highest BCUT2D eigenvalue weighted by Gasteiger charge is 2.09. The van der Waals surface area contributed by atoms with Gasteiger partial charge in [-0.3, -0.25) is 9.59 Å². The Morgan fingerprint density at radius 2 is 1.35 bits per heavy atom. The lowest BCUT2D eigenvalue weighted by atomic mass is 10.0. The molecule has 0 N–H and O–H groups in total. The van der Waals surface area contributed by atoms with Gasteiger partial charge in [0.15, 0.2) is 11.6 Å². The van der Waals surface area contributed by atoms with Gasteiger partial charge in [-0.05, 0) is 13.0 Å². The third-order valence-electron chi connectivity index (χ3n) is 2.57. The molecule has 0 saturated carbocycles. The monoisotopic (exact) mass is 224 g/mol. The van der Waals surface area contributed by atoms with Crippen LogP contribution in [0.5, 0.6) is 0 Å². The smallest absolute Gasteiger partial charge is 0.193 e. The van der Waals surface area contributed by atoms with Crippen LogP contribution in [0, 0.1) is 0 Å². The Kier molecular flexibility index (Phi) is 3.15. The molecular formula is C15H12O2. The molecular weight excluding hydrogens is 212 g/mol. The van der Waals surface area contributed by atoms with Crippen molar-refractivity contribution in [1.82, 2.24) is 0 Å². The van der Waals surface area contributed by atoms with E-state index in [0.717, 1.165) is 0 Å². The molecule has 0 unspecified atom stereocenters. The number of carbonyl (C=O) groups is 2. The lowest BCUT2D eigenvalue weighted by molar-refractivity contribution is 0.101. The van der Waals surface area contributed by atoms with E-state index < -0.39 is 0 Å². The molecule has 2 aromatic carbocycles. The molecule has 0 aliphatic heterocycles. The van der Waals surface area contributed by atoms with Crippen molar-refractivity contribution in [3.63, 3.8) is 0 Å². The van der Waals surface area contributed by atoms with E-state index in [1.54, 1.807) is 36.4 Å². The Bertz CT molecular complexity index is 556. The number of hydrogen-bond donors (Lipinski definition) is 0. The third kappa shape index (κ3) is 2.48. The summed E-state index contributed by atoms with van der Waals surface area (Å²) in [6.45, 7) is 1.49. The summed E-state index contributed by atoms with van der Waals surface area (Å²) in [4.78, 5) is 23.4. The normalized spacial score (nSPS) is 9.94. The van der Waals surface area contributed by atoms with Gasteiger partial charge in [-0.15, -0.1) is 0 Å². The Morgan fingerprint density at radius 3 is 2.00 bits per heavy atom. The maximum atomic E-state index is 12.1. The molecule has 0 aliphatic rings. The molecule has 17 heavy (non-hydrogen) atoms. The van der Waals surface area contributed by atoms with Crippen molar-refractivity contribution in [3.05, 3.63) is 71.3 Å². The van der Waals surface area contributed by atoms with Crippen molar-refractivity contribution in [2.45, 2.75) is 6.92 Å². The summed E-state index contributed by atoms with van der Waals surface area (Å²) >= 11 is 0. The van der Waals surface area contributed by atoms with Crippen molar-refractivity contribution in [2.75, 3.05) is 0 Å². The highest BCUT2D eigenvalue weighted by Crippen LogP contribution is 2.12. The average Bonchev–Trinajstić information content (AvgIpc) is 2.39. The minimum absolute atomic E-state index is 0.0345. The Labute approximate surface area is 99.9 Å². The zero-order valence-electron chi connectivity index (χ0n) is 9.51. The van der Waals surface area contributed by atoms with Crippen LogP contribution in [0.3, 0.4) is 0 Å². The van der Waals surface area contributed by atoms with Crippen LogP contribution < -0.4 is 0 Å². The van der Waals surface area contributed by atoms with Crippen LogP contribution in [0.25, 0.3) is 0 Å². The van der Waals surface area contributed by atoms with Crippen molar-refractivity contribution in [1.29, 1.82) is 0 Å². The Balaban J connectivity index is 2.38. The number of benzene rings is 2. The first-order valence-electron chi connectivity index (χ1n) is 5.39. The number of hydrogen-bond acceptors (Lipinski definition) is 2. The zero-order valence-corrected chi connectivity index (χ0v) is 9.51. The fourth-order valence-electron chi connectivity index (χ4n) is 1.64. The molecule has 2 rings (SSSR count). The summed E-state index contributed by atoms with van der Waals surface area (Å²) in [5.74, 6) is -0.0959. The maximum Gasteiger partial charge on any atom is 0.193 e. The van der Waals surface area contributed by atoms with Gasteiger partial charge in [-0.2, -0.15) is 0 Å². The van der Waals surface area contributed by atoms with Crippen molar-refractivity contribution >= 4 is 11.6 Å². The van der Waals surface area contributed by atoms with E-state index in [1.165, 1.54) is 6.92 Å². The van der Waals surface area contributed by atoms with E-state index in [1.807, 2.05) is 18.2 Å². The number of Topliss-reactive ketones (excluding diaryl/α,β-unsaturated/α-hetero) is 1. The summed E-state index contributed by atoms with van der Waals surface area (Å²) in [5, 5.41) is 0. The summed E-state index contributed by atoms with van der Waals surface area (Å²) < 4.78 is 0. The van der Waals surface area contributed by atoms with Gasteiger partial charge in [0.25, 0.3) is 0 Å². The lowest BCUT2D eigenvalue weighted by Gasteiger charge is -2.02. The zero-order chi connectivity index (χ0) is 12.3. The van der Waals surface area contributed by atoms with Crippen LogP contribution in [0.1, 0.15) is 33.2 Å². The van der Waals surface area contributed by atoms with E-state index in [0.29, 0.717) is 16.7 Å². The molecule has 0 heterocycles. The molecule has 0 aromatic heterocycles. The van der Waals surface area contributed by atoms with E-state index >= 15 is 0 Å². The summed E-state index contributed by atoms with van der Waals surface area (Å²) in [6, 6.07) is 15.8. The van der Waals surface area contributed by atoms with Gasteiger partial charge in [0, 0.05) is 16.7 Å². The van der Waals surface area contributed by atoms with Gasteiger partial charge in [0.05, 0.1) is 0 Å². The molecule has 0 fully saturated rings. The van der Waals surface area contributed by atoms with E-state index in [-0.39, 0.29) is 11.6 Å². The third-order valence-corrected chi connectivity index (χ3v) is 2.57. The minimum Gasteiger partial charge on any atom is -0.295 e. The van der Waals surface area contributed by atoms with Crippen molar-refractivity contribution in [3.8, 4) is 0 Å². The van der Waals surface area contributed by atoms with Crippen LogP contribution in [0.2, 0.25) is 0 Å². The van der Waals surface area contributed by atoms with E-state index in [4.69, 9.17) is 0 Å². The first-order chi connectivity index (χ1) is 8.18. The molecule has 2 heteroatoms. The molecule has 84 valence electrons. The lowest BCUT2D eigenvalue weighted by Crippen LogP contribution is -2.02. The van der Waals surface area contributed by atoms with Gasteiger partial charge in [0.1, 0.15) is 0 Å². The predicted molar refractivity (Wildman–Crippen MR) is 66.3 cm³/mol. The van der Waals surface area contributed by atoms with Crippen molar-refractivity contribution < 1.29 is 9.59 Å². The first-order valence-corrected chi connectivity index (χ1v) is 5.39. The summed E-state index contributed by atoms with van der Waals surface area (Å²) in [7, 11) is 0. The molecule has 0 aliphatic carbocycles. The fraction of sp³-hybridized carbons (Fsp3) is 0.0667. The quantitative estimate of drug-likeness (QED) is 0.750. The molecule has 2 aromatic rings. The second-order valence-corrected chi connectivity index (χ2v) is 3.83. The van der Waals surface area contributed by atoms with Crippen LogP contribution in [-0.2, 0) is 0 Å². The predicted octanol–water partition coefficient (Wildman–Crippen LogP) is 3.12. The molecule has 0 spiro atoms. The Morgan fingerprint density at radius 1 is 0.765 bits per heavy atom. The van der Waals surface area contributed by atoms with Gasteiger partial charge in [-0.1, -0.05) is 48.5 Å². The first kappa shape index (κ1) is 11.3. The molecule has 0 radical (unpaired) electrons. The van der Waals surface area contributed by atoms with Crippen LogP contribution in [0.15, 0.2) is 54.6 Å². The Hall–Kier alpha value is -2.22. The number of carbonyl (C=O) groups excluding carboxylic acids is 2. The maximum absolute atomic E-state index is 12.1. The number of rotatable bonds is 3. The fourth-order valence-corrected chi connectivity index (χ4v) is 1.64. The van der Waals surface area contributed by atoms with Crippen molar-refractivity contribution in [2.24, 2.45) is 0 Å². The van der Waals surface area contributed by atoms with Crippen LogP contribution in [0.4, 0.5) is 0 Å². The van der Waals surface area contributed by atoms with Gasteiger partial charge < -0.3 is 0 Å². The van der Waals surface area contributed by atoms with Gasteiger partial charge in [-0.25, -0.2) is 0 Å². The SMILES string of the molecule is CC(=O)c1cccc(C(=O)c2ccccc2)c1. The minimum atomic E-state index is -0.0614. The largest absolute Gasteiger partial charge is 0.295 e. The summed E-state index contributed by atoms with van der Waals surface area (Å²) in [5.41, 5.74) is 1.74. The summed E-state index contributed by atoms with van der Waals surface area (Å²) in [6.07, 6.45) is 0. The van der Waals surface area contributed by atoms with Crippen LogP contribution >= 0.6 is 0 Å². The average molecular weight is 224 g/mol. The molecule has 0 atom stereocenters. The molecule has 0 saturated heterocycles. The molecule has 0 amide bonds. The van der Waals surface area contributed by atoms with Gasteiger partial charge >= 0.3 is 0 Å². The van der Waals surface area contributed by atoms with E-state index in [2.05, 4.69) is 0 Å². The standard InChI is InChI=1S/C15H12O2/c1-11(16)13-8-5-9-14(10-13)15(17)12-6-3-2-4-7-12/h2-10H,1H3. The number of ketones is 2. The topological polar surface area (TPSA) is 34.1 Å². The van der Waals surface area contributed by atoms with E-state index in [9.17, 15) is 9.59 Å². The molecule has 0 bridgehead atoms. The second-order valence-electron chi connectivity index (χ2n) is 3.83.